The molecule has 0 aromatic carbocycles. The maximum atomic E-state index is 12.6. The fourth-order valence-corrected chi connectivity index (χ4v) is 3.10. The molecule has 0 aromatic heterocycles. The van der Waals surface area contributed by atoms with Gasteiger partial charge in [0.2, 0.25) is 11.8 Å². The molecule has 1 atom stereocenters. The van der Waals surface area contributed by atoms with Crippen molar-refractivity contribution in [2.75, 3.05) is 39.8 Å². The zero-order valence-corrected chi connectivity index (χ0v) is 13.4. The minimum Gasteiger partial charge on any atom is -0.373 e. The lowest BCUT2D eigenvalue weighted by molar-refractivity contribution is -0.136. The van der Waals surface area contributed by atoms with Gasteiger partial charge in [-0.2, -0.15) is 0 Å². The Morgan fingerprint density at radius 1 is 1.41 bits per heavy atom. The first kappa shape index (κ1) is 17.0. The van der Waals surface area contributed by atoms with Crippen LogP contribution >= 0.6 is 0 Å². The van der Waals surface area contributed by atoms with Crippen LogP contribution in [0.4, 0.5) is 0 Å². The van der Waals surface area contributed by atoms with Crippen LogP contribution in [-0.2, 0) is 14.3 Å². The number of nitrogens with zero attached hydrogens (tertiary/aromatic N) is 2. The number of carbonyl (C=O) groups is 2. The van der Waals surface area contributed by atoms with Crippen LogP contribution < -0.4 is 5.73 Å². The predicted molar refractivity (Wildman–Crippen MR) is 84.2 cm³/mol. The van der Waals surface area contributed by atoms with E-state index in [1.54, 1.807) is 0 Å². The van der Waals surface area contributed by atoms with E-state index in [0.29, 0.717) is 26.2 Å². The third-order valence-electron chi connectivity index (χ3n) is 4.18. The Hall–Kier alpha value is -1.40. The third-order valence-corrected chi connectivity index (χ3v) is 4.18. The molecule has 2 amide bonds. The lowest BCUT2D eigenvalue weighted by Gasteiger charge is -2.35. The Kier molecular flexibility index (Phi) is 6.39. The molecule has 2 N–H and O–H groups in total. The molecule has 0 unspecified atom stereocenters. The van der Waals surface area contributed by atoms with E-state index < -0.39 is 0 Å². The van der Waals surface area contributed by atoms with Crippen LogP contribution in [0.3, 0.4) is 0 Å². The third kappa shape index (κ3) is 5.10. The minimum absolute atomic E-state index is 0.0616. The monoisotopic (exact) mass is 309 g/mol. The molecule has 1 aliphatic heterocycles. The van der Waals surface area contributed by atoms with Crippen molar-refractivity contribution in [2.45, 2.75) is 38.2 Å². The molecule has 0 radical (unpaired) electrons. The molecule has 124 valence electrons. The Morgan fingerprint density at radius 3 is 3.00 bits per heavy atom. The van der Waals surface area contributed by atoms with E-state index in [-0.39, 0.29) is 24.5 Å². The van der Waals surface area contributed by atoms with Gasteiger partial charge in [-0.1, -0.05) is 12.5 Å². The van der Waals surface area contributed by atoms with Crippen molar-refractivity contribution in [3.05, 3.63) is 11.6 Å². The van der Waals surface area contributed by atoms with Crippen molar-refractivity contribution in [3.63, 3.8) is 0 Å². The largest absolute Gasteiger partial charge is 0.373 e. The SMILES string of the molecule is CN(CC(N)=O)C[C@@H]1CN(C(=O)C2=CCCCCC2)CCO1. The van der Waals surface area contributed by atoms with Crippen molar-refractivity contribution in [1.82, 2.24) is 9.80 Å². The summed E-state index contributed by atoms with van der Waals surface area (Å²) in [5.41, 5.74) is 6.15. The van der Waals surface area contributed by atoms with Gasteiger partial charge < -0.3 is 15.4 Å². The van der Waals surface area contributed by atoms with Crippen molar-refractivity contribution in [2.24, 2.45) is 5.73 Å². The Balaban J connectivity index is 1.88. The zero-order valence-electron chi connectivity index (χ0n) is 13.4. The van der Waals surface area contributed by atoms with E-state index in [2.05, 4.69) is 6.08 Å². The van der Waals surface area contributed by atoms with E-state index in [1.165, 1.54) is 12.8 Å². The average molecular weight is 309 g/mol. The highest BCUT2D eigenvalue weighted by atomic mass is 16.5. The summed E-state index contributed by atoms with van der Waals surface area (Å²) in [6.45, 7) is 2.59. The number of ether oxygens (including phenoxy) is 1. The number of hydrogen-bond acceptors (Lipinski definition) is 4. The smallest absolute Gasteiger partial charge is 0.249 e. The van der Waals surface area contributed by atoms with Gasteiger partial charge in [-0.15, -0.1) is 0 Å². The molecule has 6 nitrogen and oxygen atoms in total. The van der Waals surface area contributed by atoms with Gasteiger partial charge in [0, 0.05) is 25.2 Å². The molecule has 2 rings (SSSR count). The van der Waals surface area contributed by atoms with E-state index in [9.17, 15) is 9.59 Å². The fraction of sp³-hybridized carbons (Fsp3) is 0.750. The molecule has 1 heterocycles. The number of likely N-dealkylation sites (N-methyl/N-ethyl adjacent to an activating group) is 1. The fourth-order valence-electron chi connectivity index (χ4n) is 3.10. The first-order chi connectivity index (χ1) is 10.6. The summed E-state index contributed by atoms with van der Waals surface area (Å²) in [7, 11) is 1.84. The van der Waals surface area contributed by atoms with Crippen LogP contribution in [0.15, 0.2) is 11.6 Å². The van der Waals surface area contributed by atoms with Crippen molar-refractivity contribution >= 4 is 11.8 Å². The van der Waals surface area contributed by atoms with E-state index in [4.69, 9.17) is 10.5 Å². The summed E-state index contributed by atoms with van der Waals surface area (Å²) < 4.78 is 5.72. The first-order valence-corrected chi connectivity index (χ1v) is 8.13. The van der Waals surface area contributed by atoms with Gasteiger partial charge in [0.25, 0.3) is 0 Å². The van der Waals surface area contributed by atoms with Crippen LogP contribution in [0.1, 0.15) is 32.1 Å². The molecule has 22 heavy (non-hydrogen) atoms. The highest BCUT2D eigenvalue weighted by Crippen LogP contribution is 2.20. The molecule has 6 heteroatoms. The summed E-state index contributed by atoms with van der Waals surface area (Å²) in [6.07, 6.45) is 7.44. The van der Waals surface area contributed by atoms with Gasteiger partial charge >= 0.3 is 0 Å². The van der Waals surface area contributed by atoms with E-state index >= 15 is 0 Å². The van der Waals surface area contributed by atoms with Crippen molar-refractivity contribution in [1.29, 1.82) is 0 Å². The zero-order chi connectivity index (χ0) is 15.9. The first-order valence-electron chi connectivity index (χ1n) is 8.13. The molecule has 1 fully saturated rings. The second-order valence-corrected chi connectivity index (χ2v) is 6.24. The number of rotatable bonds is 5. The highest BCUT2D eigenvalue weighted by molar-refractivity contribution is 5.93. The van der Waals surface area contributed by atoms with Gasteiger partial charge in [0.15, 0.2) is 0 Å². The van der Waals surface area contributed by atoms with Gasteiger partial charge in [-0.25, -0.2) is 0 Å². The molecule has 1 saturated heterocycles. The lowest BCUT2D eigenvalue weighted by Crippen LogP contribution is -2.50. The van der Waals surface area contributed by atoms with Gasteiger partial charge in [-0.3, -0.25) is 14.5 Å². The second-order valence-electron chi connectivity index (χ2n) is 6.24. The molecule has 0 bridgehead atoms. The van der Waals surface area contributed by atoms with Crippen LogP contribution in [0.5, 0.6) is 0 Å². The molecule has 0 spiro atoms. The normalized spacial score (nSPS) is 23.1. The summed E-state index contributed by atoms with van der Waals surface area (Å²) in [4.78, 5) is 27.3. The summed E-state index contributed by atoms with van der Waals surface area (Å²) in [5, 5.41) is 0. The lowest BCUT2D eigenvalue weighted by atomic mass is 10.1. The van der Waals surface area contributed by atoms with Gasteiger partial charge in [0.05, 0.1) is 19.3 Å². The maximum absolute atomic E-state index is 12.6. The maximum Gasteiger partial charge on any atom is 0.249 e. The minimum atomic E-state index is -0.352. The second kappa shape index (κ2) is 8.29. The highest BCUT2D eigenvalue weighted by Gasteiger charge is 2.27. The van der Waals surface area contributed by atoms with Gasteiger partial charge in [-0.05, 0) is 32.7 Å². The Morgan fingerprint density at radius 2 is 2.23 bits per heavy atom. The molecule has 0 saturated carbocycles. The molecule has 0 aromatic rings. The number of morpholine rings is 1. The standard InChI is InChI=1S/C16H27N3O3/c1-18(12-15(17)20)10-14-11-19(8-9-22-14)16(21)13-6-4-2-3-5-7-13/h6,14H,2-5,7-12H2,1H3,(H2,17,20)/t14-/m1/s1. The molecular formula is C16H27N3O3. The number of primary amides is 1. The Labute approximate surface area is 132 Å². The Bertz CT molecular complexity index is 436. The van der Waals surface area contributed by atoms with Crippen LogP contribution in [-0.4, -0.2) is 67.6 Å². The number of amides is 2. The van der Waals surface area contributed by atoms with Crippen LogP contribution in [0.25, 0.3) is 0 Å². The summed E-state index contributed by atoms with van der Waals surface area (Å²) in [5.74, 6) is -0.192. The molecule has 1 aliphatic carbocycles. The van der Waals surface area contributed by atoms with Crippen LogP contribution in [0.2, 0.25) is 0 Å². The van der Waals surface area contributed by atoms with E-state index in [1.807, 2.05) is 16.8 Å². The summed E-state index contributed by atoms with van der Waals surface area (Å²) in [6, 6.07) is 0. The molecule has 2 aliphatic rings. The average Bonchev–Trinajstić information content (AvgIpc) is 2.75. The number of nitrogens with two attached hydrogens (primary N) is 1. The number of allylic oxidation sites excluding steroid dienone is 1. The van der Waals surface area contributed by atoms with Gasteiger partial charge in [0.1, 0.15) is 0 Å². The van der Waals surface area contributed by atoms with Crippen molar-refractivity contribution < 1.29 is 14.3 Å². The topological polar surface area (TPSA) is 75.9 Å². The summed E-state index contributed by atoms with van der Waals surface area (Å²) >= 11 is 0. The van der Waals surface area contributed by atoms with Crippen LogP contribution in [0, 0.1) is 0 Å². The van der Waals surface area contributed by atoms with E-state index in [0.717, 1.165) is 24.8 Å². The number of hydrogen-bond donors (Lipinski definition) is 1. The predicted octanol–water partition coefficient (Wildman–Crippen LogP) is 0.521. The number of carbonyl (C=O) groups excluding carboxylic acids is 2. The quantitative estimate of drug-likeness (QED) is 0.803. The molecular weight excluding hydrogens is 282 g/mol. The van der Waals surface area contributed by atoms with Crippen molar-refractivity contribution in [3.8, 4) is 0 Å².